The minimum absolute atomic E-state index is 0.214. The molecule has 1 aromatic rings. The molecule has 19 heavy (non-hydrogen) atoms. The number of ether oxygens (including phenoxy) is 1. The summed E-state index contributed by atoms with van der Waals surface area (Å²) >= 11 is 8.50. The average Bonchev–Trinajstić information content (AvgIpc) is 2.86. The molecule has 0 amide bonds. The summed E-state index contributed by atoms with van der Waals surface area (Å²) < 4.78 is 5.77. The van der Waals surface area contributed by atoms with Gasteiger partial charge in [0.05, 0.1) is 7.11 Å². The van der Waals surface area contributed by atoms with Gasteiger partial charge in [-0.2, -0.15) is 0 Å². The topological polar surface area (TPSA) is 55.6 Å². The molecule has 0 aromatic heterocycles. The summed E-state index contributed by atoms with van der Waals surface area (Å²) in [5, 5.41) is 0. The zero-order valence-corrected chi connectivity index (χ0v) is 13.0. The minimum atomic E-state index is -0.251. The van der Waals surface area contributed by atoms with E-state index in [1.54, 1.807) is 0 Å². The molecular formula is C13H15BrN2O2S. The maximum atomic E-state index is 11.8. The van der Waals surface area contributed by atoms with E-state index in [1.165, 1.54) is 7.11 Å². The monoisotopic (exact) mass is 342 g/mol. The van der Waals surface area contributed by atoms with Crippen LogP contribution in [-0.4, -0.2) is 30.7 Å². The first-order chi connectivity index (χ1) is 9.04. The molecule has 1 aliphatic heterocycles. The van der Waals surface area contributed by atoms with E-state index in [9.17, 15) is 4.79 Å². The molecule has 2 rings (SSSR count). The Morgan fingerprint density at radius 3 is 2.95 bits per heavy atom. The van der Waals surface area contributed by atoms with Crippen molar-refractivity contribution in [2.45, 2.75) is 18.9 Å². The van der Waals surface area contributed by atoms with Gasteiger partial charge in [0.25, 0.3) is 0 Å². The fraction of sp³-hybridized carbons (Fsp3) is 0.385. The first-order valence-electron chi connectivity index (χ1n) is 5.98. The Morgan fingerprint density at radius 2 is 2.32 bits per heavy atom. The molecule has 6 heteroatoms. The van der Waals surface area contributed by atoms with Crippen molar-refractivity contribution in [3.63, 3.8) is 0 Å². The number of benzene rings is 1. The summed E-state index contributed by atoms with van der Waals surface area (Å²) in [6, 6.07) is 5.48. The Balaban J connectivity index is 2.40. The van der Waals surface area contributed by atoms with Crippen LogP contribution in [0.25, 0.3) is 0 Å². The molecule has 0 saturated carbocycles. The molecule has 1 unspecified atom stereocenters. The van der Waals surface area contributed by atoms with Crippen molar-refractivity contribution in [3.8, 4) is 0 Å². The van der Waals surface area contributed by atoms with Gasteiger partial charge < -0.3 is 15.4 Å². The van der Waals surface area contributed by atoms with Gasteiger partial charge in [0, 0.05) is 22.3 Å². The third kappa shape index (κ3) is 2.90. The second kappa shape index (κ2) is 5.88. The molecule has 4 nitrogen and oxygen atoms in total. The van der Waals surface area contributed by atoms with Crippen LogP contribution in [0.5, 0.6) is 0 Å². The highest BCUT2D eigenvalue weighted by Gasteiger charge is 2.33. The Bertz CT molecular complexity index is 521. The van der Waals surface area contributed by atoms with Gasteiger partial charge >= 0.3 is 5.97 Å². The van der Waals surface area contributed by atoms with Crippen molar-refractivity contribution in [3.05, 3.63) is 28.2 Å². The van der Waals surface area contributed by atoms with Crippen molar-refractivity contribution in [2.75, 3.05) is 18.6 Å². The lowest BCUT2D eigenvalue weighted by molar-refractivity contribution is -0.141. The average molecular weight is 343 g/mol. The lowest BCUT2D eigenvalue weighted by Gasteiger charge is -2.27. The van der Waals surface area contributed by atoms with Crippen LogP contribution in [0.15, 0.2) is 22.7 Å². The predicted octanol–water partition coefficient (Wildman–Crippen LogP) is 2.23. The molecule has 0 aliphatic carbocycles. The molecule has 2 N–H and O–H groups in total. The summed E-state index contributed by atoms with van der Waals surface area (Å²) in [6.45, 7) is 0.803. The van der Waals surface area contributed by atoms with Crippen molar-refractivity contribution in [1.82, 2.24) is 0 Å². The maximum Gasteiger partial charge on any atom is 0.328 e. The molecule has 0 spiro atoms. The summed E-state index contributed by atoms with van der Waals surface area (Å²) in [4.78, 5) is 14.2. The number of nitrogens with two attached hydrogens (primary N) is 1. The second-order valence-corrected chi connectivity index (χ2v) is 5.76. The number of anilines is 1. The van der Waals surface area contributed by atoms with Gasteiger partial charge in [0.2, 0.25) is 0 Å². The van der Waals surface area contributed by atoms with Crippen LogP contribution in [0, 0.1) is 0 Å². The van der Waals surface area contributed by atoms with E-state index in [4.69, 9.17) is 22.7 Å². The van der Waals surface area contributed by atoms with Crippen molar-refractivity contribution in [1.29, 1.82) is 0 Å². The molecule has 1 aliphatic rings. The molecule has 1 saturated heterocycles. The zero-order chi connectivity index (χ0) is 14.0. The van der Waals surface area contributed by atoms with Crippen molar-refractivity contribution < 1.29 is 9.53 Å². The molecule has 1 heterocycles. The highest BCUT2D eigenvalue weighted by atomic mass is 79.9. The van der Waals surface area contributed by atoms with E-state index in [1.807, 2.05) is 23.1 Å². The van der Waals surface area contributed by atoms with Crippen LogP contribution in [0.4, 0.5) is 5.69 Å². The molecule has 102 valence electrons. The normalized spacial score (nSPS) is 18.4. The third-order valence-electron chi connectivity index (χ3n) is 3.26. The molecular weight excluding hydrogens is 328 g/mol. The van der Waals surface area contributed by atoms with Gasteiger partial charge in [0.15, 0.2) is 0 Å². The Kier molecular flexibility index (Phi) is 4.42. The lowest BCUT2D eigenvalue weighted by Crippen LogP contribution is -2.38. The third-order valence-corrected chi connectivity index (χ3v) is 3.97. The number of halogens is 1. The number of carbonyl (C=O) groups is 1. The van der Waals surface area contributed by atoms with Gasteiger partial charge in [-0.05, 0) is 31.0 Å². The number of methoxy groups -OCH3 is 1. The number of hydrogen-bond acceptors (Lipinski definition) is 4. The van der Waals surface area contributed by atoms with Gasteiger partial charge in [-0.15, -0.1) is 0 Å². The molecule has 1 fully saturated rings. The molecule has 1 atom stereocenters. The summed E-state index contributed by atoms with van der Waals surface area (Å²) in [5.41, 5.74) is 7.44. The van der Waals surface area contributed by atoms with Crippen molar-refractivity contribution >= 4 is 44.8 Å². The molecule has 1 aromatic carbocycles. The van der Waals surface area contributed by atoms with Crippen LogP contribution in [0.1, 0.15) is 18.4 Å². The largest absolute Gasteiger partial charge is 0.467 e. The van der Waals surface area contributed by atoms with Crippen molar-refractivity contribution in [2.24, 2.45) is 5.73 Å². The van der Waals surface area contributed by atoms with E-state index in [2.05, 4.69) is 15.9 Å². The van der Waals surface area contributed by atoms with Gasteiger partial charge in [0.1, 0.15) is 11.0 Å². The smallest absolute Gasteiger partial charge is 0.328 e. The van der Waals surface area contributed by atoms with Crippen LogP contribution >= 0.6 is 28.1 Å². The second-order valence-electron chi connectivity index (χ2n) is 4.40. The number of rotatable bonds is 3. The van der Waals surface area contributed by atoms with E-state index in [-0.39, 0.29) is 12.0 Å². The predicted molar refractivity (Wildman–Crippen MR) is 82.4 cm³/mol. The van der Waals surface area contributed by atoms with E-state index >= 15 is 0 Å². The van der Waals surface area contributed by atoms with Gasteiger partial charge in [-0.25, -0.2) is 4.79 Å². The number of esters is 1. The van der Waals surface area contributed by atoms with E-state index < -0.39 is 0 Å². The van der Waals surface area contributed by atoms with E-state index in [0.29, 0.717) is 4.99 Å². The van der Waals surface area contributed by atoms with Crippen LogP contribution in [0.3, 0.4) is 0 Å². The fourth-order valence-electron chi connectivity index (χ4n) is 2.39. The summed E-state index contributed by atoms with van der Waals surface area (Å²) in [5.74, 6) is -0.214. The Labute approximate surface area is 126 Å². The minimum Gasteiger partial charge on any atom is -0.467 e. The Morgan fingerprint density at radius 1 is 1.58 bits per heavy atom. The summed E-state index contributed by atoms with van der Waals surface area (Å²) in [6.07, 6.45) is 1.74. The van der Waals surface area contributed by atoms with Crippen LogP contribution in [-0.2, 0) is 9.53 Å². The fourth-order valence-corrected chi connectivity index (χ4v) is 2.92. The molecule has 0 radical (unpaired) electrons. The maximum absolute atomic E-state index is 11.8. The molecule has 0 bridgehead atoms. The highest BCUT2D eigenvalue weighted by molar-refractivity contribution is 9.10. The number of hydrogen-bond donors (Lipinski definition) is 1. The number of thiocarbonyl (C=S) groups is 1. The van der Waals surface area contributed by atoms with Crippen LogP contribution < -0.4 is 10.6 Å². The first-order valence-corrected chi connectivity index (χ1v) is 7.18. The van der Waals surface area contributed by atoms with Gasteiger partial charge in [-0.1, -0.05) is 28.1 Å². The van der Waals surface area contributed by atoms with Crippen LogP contribution in [0.2, 0.25) is 0 Å². The highest BCUT2D eigenvalue weighted by Crippen LogP contribution is 2.31. The quantitative estimate of drug-likeness (QED) is 0.674. The number of nitrogens with zero attached hydrogens (tertiary/aromatic N) is 1. The van der Waals surface area contributed by atoms with Gasteiger partial charge in [-0.3, -0.25) is 0 Å². The standard InChI is InChI=1S/C13H15BrN2O2S/c1-18-13(17)11-3-2-6-16(11)10-5-4-8(14)7-9(10)12(15)19/h4-5,7,11H,2-3,6H2,1H3,(H2,15,19). The lowest BCUT2D eigenvalue weighted by atomic mass is 10.1. The number of carbonyl (C=O) groups excluding carboxylic acids is 1. The zero-order valence-electron chi connectivity index (χ0n) is 10.6. The first kappa shape index (κ1) is 14.3. The summed E-state index contributed by atoms with van der Waals surface area (Å²) in [7, 11) is 1.41. The Hall–Kier alpha value is -1.14. The SMILES string of the molecule is COC(=O)C1CCCN1c1ccc(Br)cc1C(N)=S. The van der Waals surface area contributed by atoms with E-state index in [0.717, 1.165) is 35.1 Å².